The molecule has 0 unspecified atom stereocenters. The Bertz CT molecular complexity index is 1800. The lowest BCUT2D eigenvalue weighted by Crippen LogP contribution is -2.62. The number of nitrogens with zero attached hydrogens (tertiary/aromatic N) is 1. The van der Waals surface area contributed by atoms with Gasteiger partial charge >= 0.3 is 12.1 Å². The predicted octanol–water partition coefficient (Wildman–Crippen LogP) is -3.96. The van der Waals surface area contributed by atoms with Gasteiger partial charge in [-0.1, -0.05) is 55.4 Å². The first-order valence-corrected chi connectivity index (χ1v) is 22.5. The van der Waals surface area contributed by atoms with Crippen LogP contribution in [0.2, 0.25) is 0 Å². The third-order valence-corrected chi connectivity index (χ3v) is 10.0. The van der Waals surface area contributed by atoms with E-state index in [1.165, 1.54) is 0 Å². The van der Waals surface area contributed by atoms with Gasteiger partial charge in [0.15, 0.2) is 5.96 Å². The normalized spacial score (nSPS) is 15.5. The lowest BCUT2D eigenvalue weighted by molar-refractivity contribution is -0.143. The third-order valence-electron chi connectivity index (χ3n) is 10.0. The van der Waals surface area contributed by atoms with Gasteiger partial charge < -0.3 is 84.9 Å². The molecule has 0 aromatic rings. The number of aliphatic imine (C=N–C) groups is 1. The van der Waals surface area contributed by atoms with Gasteiger partial charge in [-0.15, -0.1) is 0 Å². The van der Waals surface area contributed by atoms with Crippen molar-refractivity contribution in [3.63, 3.8) is 0 Å². The van der Waals surface area contributed by atoms with Crippen LogP contribution in [-0.4, -0.2) is 166 Å². The molecule has 402 valence electrons. The molecule has 70 heavy (non-hydrogen) atoms. The van der Waals surface area contributed by atoms with Gasteiger partial charge in [-0.05, 0) is 64.7 Å². The van der Waals surface area contributed by atoms with Crippen LogP contribution in [0, 0.1) is 17.8 Å². The fourth-order valence-electron chi connectivity index (χ4n) is 6.13. The maximum absolute atomic E-state index is 14.1. The first kappa shape index (κ1) is 65.7. The number of nitrogens with two attached hydrogens (primary N) is 3. The average Bonchev–Trinajstić information content (AvgIpc) is 3.22. The van der Waals surface area contributed by atoms with Crippen LogP contribution >= 0.6 is 0 Å². The van der Waals surface area contributed by atoms with E-state index in [1.807, 2.05) is 5.32 Å². The van der Waals surface area contributed by atoms with Crippen LogP contribution in [0.5, 0.6) is 0 Å². The van der Waals surface area contributed by atoms with Crippen LogP contribution in [0.3, 0.4) is 0 Å². The highest BCUT2D eigenvalue weighted by Crippen LogP contribution is 2.14. The van der Waals surface area contributed by atoms with E-state index in [9.17, 15) is 63.3 Å². The van der Waals surface area contributed by atoms with Crippen LogP contribution < -0.4 is 59.7 Å². The van der Waals surface area contributed by atoms with Crippen LogP contribution in [0.25, 0.3) is 0 Å². The lowest BCUT2D eigenvalue weighted by Gasteiger charge is -2.31. The summed E-state index contributed by atoms with van der Waals surface area (Å²) in [5.74, 6) is -11.4. The number of nitrogens with one attached hydrogen (secondary N) is 8. The molecule has 0 rings (SSSR count). The van der Waals surface area contributed by atoms with E-state index < -0.39 is 151 Å². The molecule has 18 N–H and O–H groups in total. The molecule has 10 atom stereocenters. The maximum Gasteiger partial charge on any atom is 0.408 e. The second kappa shape index (κ2) is 31.7. The maximum atomic E-state index is 14.1. The predicted molar refractivity (Wildman–Crippen MR) is 254 cm³/mol. The molecule has 27 heteroatoms. The number of carbonyl (C=O) groups is 10. The zero-order chi connectivity index (χ0) is 53.5. The largest absolute Gasteiger partial charge is 0.480 e. The van der Waals surface area contributed by atoms with Crippen molar-refractivity contribution in [1.82, 2.24) is 42.5 Å². The fraction of sp³-hybridized carbons (Fsp3) is 0.744. The van der Waals surface area contributed by atoms with Crippen LogP contribution in [0.4, 0.5) is 4.79 Å². The number of ether oxygens (including phenoxy) is 1. The molecular weight excluding hydrogens is 925 g/mol. The fourth-order valence-corrected chi connectivity index (χ4v) is 6.13. The Labute approximate surface area is 408 Å². The highest BCUT2D eigenvalue weighted by molar-refractivity contribution is 5.98. The van der Waals surface area contributed by atoms with Crippen LogP contribution in [0.1, 0.15) is 109 Å². The van der Waals surface area contributed by atoms with Crippen molar-refractivity contribution in [1.29, 1.82) is 0 Å². The number of carboxylic acids is 1. The Hall–Kier alpha value is -6.35. The van der Waals surface area contributed by atoms with Crippen molar-refractivity contribution >= 4 is 65.3 Å². The summed E-state index contributed by atoms with van der Waals surface area (Å²) in [7, 11) is 0. The first-order chi connectivity index (χ1) is 31.8. The average molecular weight is 1010 g/mol. The van der Waals surface area contributed by atoms with Gasteiger partial charge in [-0.25, -0.2) is 9.59 Å². The van der Waals surface area contributed by atoms with E-state index in [0.717, 1.165) is 6.92 Å². The van der Waals surface area contributed by atoms with Gasteiger partial charge in [0.05, 0.1) is 31.8 Å². The quantitative estimate of drug-likeness (QED) is 0.0185. The van der Waals surface area contributed by atoms with Gasteiger partial charge in [0.2, 0.25) is 47.3 Å². The minimum Gasteiger partial charge on any atom is -0.480 e. The molecule has 0 aliphatic carbocycles. The Kier molecular flexibility index (Phi) is 29.8. The van der Waals surface area contributed by atoms with Crippen molar-refractivity contribution in [2.75, 3.05) is 19.7 Å². The molecule has 0 saturated carbocycles. The summed E-state index contributed by atoms with van der Waals surface area (Å²) in [4.78, 5) is 134. The molecule has 0 spiro atoms. The van der Waals surface area contributed by atoms with Crippen LogP contribution in [0.15, 0.2) is 4.99 Å². The highest BCUT2D eigenvalue weighted by Gasteiger charge is 2.38. The molecule has 0 bridgehead atoms. The number of hydrogen-bond donors (Lipinski definition) is 15. The molecule has 0 fully saturated rings. The highest BCUT2D eigenvalue weighted by atomic mass is 16.6. The molecule has 27 nitrogen and oxygen atoms in total. The minimum absolute atomic E-state index is 0. The van der Waals surface area contributed by atoms with Crippen molar-refractivity contribution in [2.45, 2.75) is 169 Å². The minimum atomic E-state index is -1.78. The van der Waals surface area contributed by atoms with Crippen molar-refractivity contribution in [3.8, 4) is 0 Å². The summed E-state index contributed by atoms with van der Waals surface area (Å²) in [5.41, 5.74) is 15.1. The smallest absolute Gasteiger partial charge is 0.408 e. The number of guanidine groups is 1. The lowest BCUT2D eigenvalue weighted by atomic mass is 9.96. The zero-order valence-electron chi connectivity index (χ0n) is 41.0. The van der Waals surface area contributed by atoms with E-state index in [-0.39, 0.29) is 51.5 Å². The molecule has 0 saturated heterocycles. The molecule has 9 amide bonds. The van der Waals surface area contributed by atoms with Gasteiger partial charge in [-0.3, -0.25) is 43.3 Å². The van der Waals surface area contributed by atoms with E-state index in [2.05, 4.69) is 42.2 Å². The number of rotatable bonds is 30. The number of amides is 9. The summed E-state index contributed by atoms with van der Waals surface area (Å²) in [5, 5.41) is 58.5. The van der Waals surface area contributed by atoms with E-state index in [0.29, 0.717) is 0 Å². The summed E-state index contributed by atoms with van der Waals surface area (Å²) in [6, 6.07) is -11.0. The van der Waals surface area contributed by atoms with E-state index >= 15 is 0 Å². The number of hydrogen-bond acceptors (Lipinski definition) is 15. The Morgan fingerprint density at radius 3 is 1.64 bits per heavy atom. The number of carboxylic acid groups (broad SMARTS) is 1. The topological polar surface area (TPSA) is 448 Å². The number of aliphatic carboxylic acids is 1. The molecule has 0 aromatic heterocycles. The second-order valence-electron chi connectivity index (χ2n) is 18.2. The zero-order valence-corrected chi connectivity index (χ0v) is 41.0. The summed E-state index contributed by atoms with van der Waals surface area (Å²) in [6.07, 6.45) is -4.50. The summed E-state index contributed by atoms with van der Waals surface area (Å²) in [6.45, 7) is 14.1. The van der Waals surface area contributed by atoms with Gasteiger partial charge in [-0.2, -0.15) is 0 Å². The standard InChI is InChI=1S/C42H76N12O15.CH4/c1-11-21(6)29(37(64)53-30(22(7)56)36(63)47-17-28(58)48-25(16-27(43)57)35(62)51-26(18-55)39(66)67)52-33(60)23(13-12-14-46-40(44)45)49-34(61)24(15-19(2)3)50-38(65)31(32(59)20(4)5)54-41(68)69-42(8,9)10;/h19-26,29-32,55-56,59H,11-18H2,1-10H3,(H2,43,57)(H,47,63)(H,48,58)(H,49,61)(H,50,65)(H,51,62)(H,52,60)(H,53,64)(H,54,68)(H,66,67)(H4,44,45,46);1H4/t21-,22-,23+,24-,25-,26-,29-,30-,31-,32+;/m0./s1. The first-order valence-electron chi connectivity index (χ1n) is 22.5. The Morgan fingerprint density at radius 2 is 1.17 bits per heavy atom. The number of aliphatic hydroxyl groups excluding tert-OH is 3. The van der Waals surface area contributed by atoms with Crippen molar-refractivity contribution in [2.24, 2.45) is 39.9 Å². The molecule has 0 heterocycles. The monoisotopic (exact) mass is 1000 g/mol. The number of alkyl carbamates (subject to hydrolysis) is 1. The number of primary amides is 1. The van der Waals surface area contributed by atoms with Crippen molar-refractivity contribution < 1.29 is 73.1 Å². The summed E-state index contributed by atoms with van der Waals surface area (Å²) < 4.78 is 5.28. The van der Waals surface area contributed by atoms with Gasteiger partial charge in [0.25, 0.3) is 0 Å². The van der Waals surface area contributed by atoms with Crippen LogP contribution in [-0.2, 0) is 47.9 Å². The SMILES string of the molecule is C.CC[C@H](C)[C@H](NC(=O)[C@@H](CCCN=C(N)N)NC(=O)[C@H](CC(C)C)NC(=O)[C@@H](NC(=O)OC(C)(C)C)[C@H](O)C(C)C)C(=O)N[C@H](C(=O)NCC(=O)N[C@@H](CC(N)=O)C(=O)N[C@@H](CO)C(=O)O)[C@H](C)O. The van der Waals surface area contributed by atoms with Gasteiger partial charge in [0, 0.05) is 6.54 Å². The van der Waals surface area contributed by atoms with E-state index in [1.54, 1.807) is 62.3 Å². The molecule has 0 aromatic carbocycles. The Morgan fingerprint density at radius 1 is 0.657 bits per heavy atom. The molecule has 0 aliphatic heterocycles. The number of aliphatic hydroxyl groups is 3. The van der Waals surface area contributed by atoms with Gasteiger partial charge in [0.1, 0.15) is 47.9 Å². The second-order valence-corrected chi connectivity index (χ2v) is 18.2. The van der Waals surface area contributed by atoms with E-state index in [4.69, 9.17) is 27.0 Å². The molecular formula is C43H80N12O15. The summed E-state index contributed by atoms with van der Waals surface area (Å²) >= 11 is 0. The molecule has 0 aliphatic rings. The third kappa shape index (κ3) is 25.3. The van der Waals surface area contributed by atoms with Crippen molar-refractivity contribution in [3.05, 3.63) is 0 Å². The Balaban J connectivity index is 0. The number of carbonyl (C=O) groups excluding carboxylic acids is 9. The molecule has 0 radical (unpaired) electrons.